The molecule has 1 aliphatic rings. The van der Waals surface area contributed by atoms with Crippen LogP contribution >= 0.6 is 0 Å². The van der Waals surface area contributed by atoms with Gasteiger partial charge >= 0.3 is 0 Å². The summed E-state index contributed by atoms with van der Waals surface area (Å²) in [7, 11) is 0. The van der Waals surface area contributed by atoms with E-state index < -0.39 is 0 Å². The fourth-order valence-corrected chi connectivity index (χ4v) is 2.47. The quantitative estimate of drug-likeness (QED) is 0.779. The Morgan fingerprint density at radius 2 is 2.05 bits per heavy atom. The molecule has 1 amide bonds. The lowest BCUT2D eigenvalue weighted by Gasteiger charge is -2.27. The van der Waals surface area contributed by atoms with E-state index in [1.54, 1.807) is 0 Å². The van der Waals surface area contributed by atoms with Gasteiger partial charge in [-0.2, -0.15) is 0 Å². The maximum Gasteiger partial charge on any atom is 0.251 e. The molecule has 104 valence electrons. The Morgan fingerprint density at radius 1 is 1.32 bits per heavy atom. The van der Waals surface area contributed by atoms with E-state index in [1.165, 1.54) is 0 Å². The molecule has 19 heavy (non-hydrogen) atoms. The highest BCUT2D eigenvalue weighted by Crippen LogP contribution is 2.22. The van der Waals surface area contributed by atoms with Crippen LogP contribution in [0.15, 0.2) is 24.3 Å². The Bertz CT molecular complexity index is 426. The van der Waals surface area contributed by atoms with E-state index in [9.17, 15) is 9.90 Å². The minimum atomic E-state index is -0.139. The normalized spacial score (nSPS) is 22.8. The molecule has 0 spiro atoms. The number of nitrogens with one attached hydrogen (secondary N) is 2. The number of hydrogen-bond donors (Lipinski definition) is 3. The summed E-state index contributed by atoms with van der Waals surface area (Å²) in [6.07, 6.45) is 3.53. The van der Waals surface area contributed by atoms with Gasteiger partial charge in [0.1, 0.15) is 0 Å². The number of carbonyl (C=O) groups excluding carboxylic acids is 1. The van der Waals surface area contributed by atoms with Gasteiger partial charge in [0.25, 0.3) is 5.91 Å². The molecule has 1 aliphatic carbocycles. The number of benzene rings is 1. The van der Waals surface area contributed by atoms with Gasteiger partial charge in [0.15, 0.2) is 0 Å². The van der Waals surface area contributed by atoms with Crippen molar-refractivity contribution in [1.82, 2.24) is 5.32 Å². The van der Waals surface area contributed by atoms with E-state index in [4.69, 9.17) is 0 Å². The van der Waals surface area contributed by atoms with E-state index in [0.29, 0.717) is 18.2 Å². The molecule has 0 aliphatic heterocycles. The summed E-state index contributed by atoms with van der Waals surface area (Å²) in [5, 5.41) is 15.7. The molecule has 0 saturated heterocycles. The molecule has 2 rings (SSSR count). The number of carbonyl (C=O) groups is 1. The van der Waals surface area contributed by atoms with Crippen molar-refractivity contribution in [2.24, 2.45) is 0 Å². The summed E-state index contributed by atoms with van der Waals surface area (Å²) in [6, 6.07) is 7.97. The number of anilines is 1. The highest BCUT2D eigenvalue weighted by molar-refractivity contribution is 5.95. The van der Waals surface area contributed by atoms with Crippen molar-refractivity contribution in [1.29, 1.82) is 0 Å². The van der Waals surface area contributed by atoms with Crippen molar-refractivity contribution in [2.75, 3.05) is 11.9 Å². The molecule has 0 bridgehead atoms. The van der Waals surface area contributed by atoms with E-state index >= 15 is 0 Å². The summed E-state index contributed by atoms with van der Waals surface area (Å²) in [6.45, 7) is 2.55. The van der Waals surface area contributed by atoms with Gasteiger partial charge in [-0.25, -0.2) is 0 Å². The minimum absolute atomic E-state index is 0.0368. The Morgan fingerprint density at radius 3 is 2.74 bits per heavy atom. The average molecular weight is 262 g/mol. The maximum atomic E-state index is 11.8. The van der Waals surface area contributed by atoms with Crippen LogP contribution in [0.1, 0.15) is 43.0 Å². The third kappa shape index (κ3) is 3.96. The first kappa shape index (κ1) is 13.9. The molecule has 1 aromatic rings. The zero-order valence-corrected chi connectivity index (χ0v) is 11.4. The van der Waals surface area contributed by atoms with Gasteiger partial charge in [-0.05, 0) is 50.8 Å². The summed E-state index contributed by atoms with van der Waals surface area (Å²) in [5.74, 6) is -0.0368. The molecule has 0 aromatic heterocycles. The van der Waals surface area contributed by atoms with Crippen LogP contribution in [0.3, 0.4) is 0 Å². The van der Waals surface area contributed by atoms with E-state index in [2.05, 4.69) is 10.6 Å². The lowest BCUT2D eigenvalue weighted by Crippen LogP contribution is -2.28. The molecule has 0 radical (unpaired) electrons. The molecular weight excluding hydrogens is 240 g/mol. The van der Waals surface area contributed by atoms with Crippen molar-refractivity contribution >= 4 is 11.6 Å². The van der Waals surface area contributed by atoms with E-state index in [0.717, 1.165) is 31.4 Å². The van der Waals surface area contributed by atoms with E-state index in [1.807, 2.05) is 31.2 Å². The molecule has 0 unspecified atom stereocenters. The summed E-state index contributed by atoms with van der Waals surface area (Å²) >= 11 is 0. The van der Waals surface area contributed by atoms with Crippen molar-refractivity contribution in [3.8, 4) is 0 Å². The summed E-state index contributed by atoms with van der Waals surface area (Å²) in [4.78, 5) is 11.8. The van der Waals surface area contributed by atoms with E-state index in [-0.39, 0.29) is 12.0 Å². The van der Waals surface area contributed by atoms with Gasteiger partial charge in [0.05, 0.1) is 6.10 Å². The van der Waals surface area contributed by atoms with Crippen LogP contribution in [0.5, 0.6) is 0 Å². The number of aliphatic hydroxyl groups is 1. The predicted molar refractivity (Wildman–Crippen MR) is 76.3 cm³/mol. The second kappa shape index (κ2) is 6.57. The fourth-order valence-electron chi connectivity index (χ4n) is 2.47. The van der Waals surface area contributed by atoms with Gasteiger partial charge in [0.2, 0.25) is 0 Å². The Hall–Kier alpha value is -1.55. The first-order valence-corrected chi connectivity index (χ1v) is 7.02. The van der Waals surface area contributed by atoms with Crippen molar-refractivity contribution in [3.05, 3.63) is 29.8 Å². The third-order valence-electron chi connectivity index (χ3n) is 3.53. The number of hydrogen-bond acceptors (Lipinski definition) is 3. The van der Waals surface area contributed by atoms with Crippen LogP contribution in [-0.4, -0.2) is 29.7 Å². The van der Waals surface area contributed by atoms with Crippen molar-refractivity contribution in [3.63, 3.8) is 0 Å². The smallest absolute Gasteiger partial charge is 0.251 e. The molecule has 1 aromatic carbocycles. The predicted octanol–water partition coefficient (Wildman–Crippen LogP) is 2.15. The maximum absolute atomic E-state index is 11.8. The van der Waals surface area contributed by atoms with Crippen molar-refractivity contribution < 1.29 is 9.90 Å². The van der Waals surface area contributed by atoms with Crippen LogP contribution in [0.25, 0.3) is 0 Å². The monoisotopic (exact) mass is 262 g/mol. The van der Waals surface area contributed by atoms with Gasteiger partial charge in [-0.1, -0.05) is 6.07 Å². The second-order valence-corrected chi connectivity index (χ2v) is 5.09. The minimum Gasteiger partial charge on any atom is -0.393 e. The number of rotatable bonds is 4. The van der Waals surface area contributed by atoms with Crippen LogP contribution < -0.4 is 10.6 Å². The lowest BCUT2D eigenvalue weighted by atomic mass is 9.93. The molecule has 1 fully saturated rings. The highest BCUT2D eigenvalue weighted by atomic mass is 16.3. The zero-order valence-electron chi connectivity index (χ0n) is 11.4. The first-order valence-electron chi connectivity index (χ1n) is 7.02. The van der Waals surface area contributed by atoms with Crippen LogP contribution in [0, 0.1) is 0 Å². The lowest BCUT2D eigenvalue weighted by molar-refractivity contribution is 0.0956. The average Bonchev–Trinajstić information content (AvgIpc) is 2.42. The Balaban J connectivity index is 1.97. The Kier molecular flexibility index (Phi) is 4.80. The van der Waals surface area contributed by atoms with Gasteiger partial charge in [-0.3, -0.25) is 4.79 Å². The van der Waals surface area contributed by atoms with Gasteiger partial charge < -0.3 is 15.7 Å². The molecule has 0 heterocycles. The standard InChI is InChI=1S/C15H22N2O2/c1-2-16-15(19)11-4-3-5-13(10-11)17-12-6-8-14(18)9-7-12/h3-5,10,12,14,17-18H,2,6-9H2,1H3,(H,16,19). The zero-order chi connectivity index (χ0) is 13.7. The van der Waals surface area contributed by atoms with Crippen LogP contribution in [0.2, 0.25) is 0 Å². The topological polar surface area (TPSA) is 61.4 Å². The van der Waals surface area contributed by atoms with Gasteiger partial charge in [-0.15, -0.1) is 0 Å². The third-order valence-corrected chi connectivity index (χ3v) is 3.53. The van der Waals surface area contributed by atoms with Crippen molar-refractivity contribution in [2.45, 2.75) is 44.8 Å². The highest BCUT2D eigenvalue weighted by Gasteiger charge is 2.19. The fraction of sp³-hybridized carbons (Fsp3) is 0.533. The first-order chi connectivity index (χ1) is 9.19. The molecule has 1 saturated carbocycles. The van der Waals surface area contributed by atoms with Crippen LogP contribution in [-0.2, 0) is 0 Å². The summed E-state index contributed by atoms with van der Waals surface area (Å²) in [5.41, 5.74) is 1.66. The number of aliphatic hydroxyl groups excluding tert-OH is 1. The number of amides is 1. The van der Waals surface area contributed by atoms with Gasteiger partial charge in [0, 0.05) is 23.8 Å². The molecular formula is C15H22N2O2. The molecule has 4 heteroatoms. The molecule has 0 atom stereocenters. The molecule has 4 nitrogen and oxygen atoms in total. The second-order valence-electron chi connectivity index (χ2n) is 5.09. The summed E-state index contributed by atoms with van der Waals surface area (Å²) < 4.78 is 0. The van der Waals surface area contributed by atoms with Crippen LogP contribution in [0.4, 0.5) is 5.69 Å². The Labute approximate surface area is 114 Å². The SMILES string of the molecule is CCNC(=O)c1cccc(NC2CCC(O)CC2)c1. The molecule has 3 N–H and O–H groups in total. The largest absolute Gasteiger partial charge is 0.393 e.